The number of hydrogen-bond donors (Lipinski definition) is 0. The highest BCUT2D eigenvalue weighted by molar-refractivity contribution is 6.30. The normalized spacial score (nSPS) is 18.2. The highest BCUT2D eigenvalue weighted by Gasteiger charge is 2.29. The molecule has 0 N–H and O–H groups in total. The zero-order chi connectivity index (χ0) is 13.9. The largest absolute Gasteiger partial charge is 0.472 e. The molecule has 0 bridgehead atoms. The number of halogens is 1. The number of likely N-dealkylation sites (tertiary alicyclic amines) is 1. The van der Waals surface area contributed by atoms with Crippen LogP contribution in [0.3, 0.4) is 0 Å². The van der Waals surface area contributed by atoms with Crippen LogP contribution in [-0.2, 0) is 0 Å². The lowest BCUT2D eigenvalue weighted by Gasteiger charge is -2.15. The van der Waals surface area contributed by atoms with E-state index < -0.39 is 0 Å². The number of rotatable bonds is 3. The van der Waals surface area contributed by atoms with Crippen molar-refractivity contribution in [1.82, 2.24) is 14.9 Å². The Balaban J connectivity index is 1.59. The van der Waals surface area contributed by atoms with Gasteiger partial charge in [-0.2, -0.15) is 0 Å². The first-order chi connectivity index (χ1) is 9.72. The van der Waals surface area contributed by atoms with Gasteiger partial charge in [-0.25, -0.2) is 9.97 Å². The Bertz CT molecular complexity index is 585. The molecule has 2 aromatic rings. The summed E-state index contributed by atoms with van der Waals surface area (Å²) in [5, 5.41) is 0.459. The van der Waals surface area contributed by atoms with Crippen molar-refractivity contribution in [3.63, 3.8) is 0 Å². The lowest BCUT2D eigenvalue weighted by atomic mass is 10.3. The highest BCUT2D eigenvalue weighted by Crippen LogP contribution is 2.18. The molecule has 104 valence electrons. The SMILES string of the molecule is O=C(c1ccoc1)N1CCC(Oc2ncc(Cl)cn2)C1. The van der Waals surface area contributed by atoms with Crippen LogP contribution in [-0.4, -0.2) is 40.0 Å². The van der Waals surface area contributed by atoms with Crippen LogP contribution in [0.4, 0.5) is 0 Å². The summed E-state index contributed by atoms with van der Waals surface area (Å²) in [5.41, 5.74) is 0.549. The van der Waals surface area contributed by atoms with E-state index in [0.29, 0.717) is 23.7 Å². The molecule has 0 spiro atoms. The first-order valence-electron chi connectivity index (χ1n) is 6.18. The highest BCUT2D eigenvalue weighted by atomic mass is 35.5. The summed E-state index contributed by atoms with van der Waals surface area (Å²) in [6.07, 6.45) is 6.53. The second kappa shape index (κ2) is 5.50. The van der Waals surface area contributed by atoms with E-state index in [-0.39, 0.29) is 18.0 Å². The first-order valence-corrected chi connectivity index (χ1v) is 6.56. The molecule has 0 radical (unpaired) electrons. The summed E-state index contributed by atoms with van der Waals surface area (Å²) < 4.78 is 10.5. The average molecular weight is 294 g/mol. The topological polar surface area (TPSA) is 68.5 Å². The zero-order valence-corrected chi connectivity index (χ0v) is 11.3. The molecule has 0 aromatic carbocycles. The van der Waals surface area contributed by atoms with Crippen molar-refractivity contribution in [3.8, 4) is 6.01 Å². The maximum atomic E-state index is 12.1. The maximum absolute atomic E-state index is 12.1. The van der Waals surface area contributed by atoms with Gasteiger partial charge >= 0.3 is 6.01 Å². The van der Waals surface area contributed by atoms with Crippen molar-refractivity contribution >= 4 is 17.5 Å². The van der Waals surface area contributed by atoms with E-state index in [1.807, 2.05) is 0 Å². The van der Waals surface area contributed by atoms with Crippen LogP contribution < -0.4 is 4.74 Å². The van der Waals surface area contributed by atoms with Crippen molar-refractivity contribution in [2.75, 3.05) is 13.1 Å². The van der Waals surface area contributed by atoms with E-state index in [4.69, 9.17) is 20.8 Å². The second-order valence-corrected chi connectivity index (χ2v) is 4.91. The Labute approximate surface area is 120 Å². The van der Waals surface area contributed by atoms with Crippen LogP contribution in [0.25, 0.3) is 0 Å². The summed E-state index contributed by atoms with van der Waals surface area (Å²) in [6.45, 7) is 1.15. The van der Waals surface area contributed by atoms with E-state index in [0.717, 1.165) is 6.42 Å². The summed E-state index contributed by atoms with van der Waals surface area (Å²) in [6, 6.07) is 1.93. The Morgan fingerprint density at radius 1 is 1.45 bits per heavy atom. The van der Waals surface area contributed by atoms with E-state index in [9.17, 15) is 4.79 Å². The zero-order valence-electron chi connectivity index (χ0n) is 10.5. The molecule has 0 aliphatic carbocycles. The Hall–Kier alpha value is -2.08. The lowest BCUT2D eigenvalue weighted by molar-refractivity contribution is 0.0769. The van der Waals surface area contributed by atoms with Crippen LogP contribution in [0.1, 0.15) is 16.8 Å². The van der Waals surface area contributed by atoms with Crippen molar-refractivity contribution in [2.45, 2.75) is 12.5 Å². The summed E-state index contributed by atoms with van der Waals surface area (Å²) in [7, 11) is 0. The molecule has 1 aliphatic rings. The molecule has 7 heteroatoms. The van der Waals surface area contributed by atoms with Crippen LogP contribution in [0.2, 0.25) is 5.02 Å². The number of hydrogen-bond acceptors (Lipinski definition) is 5. The van der Waals surface area contributed by atoms with Gasteiger partial charge in [0.15, 0.2) is 0 Å². The van der Waals surface area contributed by atoms with E-state index in [1.54, 1.807) is 11.0 Å². The molecule has 3 heterocycles. The third-order valence-electron chi connectivity index (χ3n) is 3.07. The minimum atomic E-state index is -0.105. The fraction of sp³-hybridized carbons (Fsp3) is 0.308. The molecular weight excluding hydrogens is 282 g/mol. The van der Waals surface area contributed by atoms with Gasteiger partial charge in [-0.1, -0.05) is 11.6 Å². The van der Waals surface area contributed by atoms with Gasteiger partial charge in [-0.15, -0.1) is 0 Å². The number of furan rings is 1. The van der Waals surface area contributed by atoms with Crippen LogP contribution in [0.5, 0.6) is 6.01 Å². The number of aromatic nitrogens is 2. The molecule has 20 heavy (non-hydrogen) atoms. The van der Waals surface area contributed by atoms with Crippen molar-refractivity contribution < 1.29 is 13.9 Å². The summed E-state index contributed by atoms with van der Waals surface area (Å²) in [4.78, 5) is 21.8. The molecule has 1 fully saturated rings. The molecule has 0 saturated carbocycles. The second-order valence-electron chi connectivity index (χ2n) is 4.48. The summed E-state index contributed by atoms with van der Waals surface area (Å²) in [5.74, 6) is -0.0538. The number of ether oxygens (including phenoxy) is 1. The van der Waals surface area contributed by atoms with Gasteiger partial charge in [0.25, 0.3) is 5.91 Å². The van der Waals surface area contributed by atoms with Gasteiger partial charge in [0.1, 0.15) is 12.4 Å². The standard InChI is InChI=1S/C13H12ClN3O3/c14-10-5-15-13(16-6-10)20-11-1-3-17(7-11)12(18)9-2-4-19-8-9/h2,4-6,8,11H,1,3,7H2. The van der Waals surface area contributed by atoms with Crippen LogP contribution >= 0.6 is 11.6 Å². The molecule has 1 amide bonds. The van der Waals surface area contributed by atoms with Gasteiger partial charge in [0, 0.05) is 13.0 Å². The molecule has 1 unspecified atom stereocenters. The minimum absolute atomic E-state index is 0.0538. The quantitative estimate of drug-likeness (QED) is 0.866. The van der Waals surface area contributed by atoms with E-state index >= 15 is 0 Å². The number of carbonyl (C=O) groups is 1. The molecular formula is C13H12ClN3O3. The number of amides is 1. The smallest absolute Gasteiger partial charge is 0.316 e. The number of nitrogens with zero attached hydrogens (tertiary/aromatic N) is 3. The monoisotopic (exact) mass is 293 g/mol. The van der Waals surface area contributed by atoms with Gasteiger partial charge in [-0.3, -0.25) is 4.79 Å². The Kier molecular flexibility index (Phi) is 3.56. The molecule has 1 atom stereocenters. The van der Waals surface area contributed by atoms with E-state index in [1.165, 1.54) is 24.9 Å². The van der Waals surface area contributed by atoms with Crippen LogP contribution in [0, 0.1) is 0 Å². The van der Waals surface area contributed by atoms with Crippen LogP contribution in [0.15, 0.2) is 35.4 Å². The molecule has 2 aromatic heterocycles. The fourth-order valence-electron chi connectivity index (χ4n) is 2.09. The van der Waals surface area contributed by atoms with Crippen molar-refractivity contribution in [2.24, 2.45) is 0 Å². The lowest BCUT2D eigenvalue weighted by Crippen LogP contribution is -2.30. The molecule has 3 rings (SSSR count). The van der Waals surface area contributed by atoms with Crippen molar-refractivity contribution in [1.29, 1.82) is 0 Å². The van der Waals surface area contributed by atoms with Gasteiger partial charge < -0.3 is 14.1 Å². The van der Waals surface area contributed by atoms with Crippen molar-refractivity contribution in [3.05, 3.63) is 41.6 Å². The molecule has 6 nitrogen and oxygen atoms in total. The number of carbonyl (C=O) groups excluding carboxylic acids is 1. The van der Waals surface area contributed by atoms with Gasteiger partial charge in [0.05, 0.1) is 35.8 Å². The maximum Gasteiger partial charge on any atom is 0.316 e. The first kappa shape index (κ1) is 12.9. The fourth-order valence-corrected chi connectivity index (χ4v) is 2.19. The van der Waals surface area contributed by atoms with E-state index in [2.05, 4.69) is 9.97 Å². The minimum Gasteiger partial charge on any atom is -0.472 e. The Morgan fingerprint density at radius 2 is 2.25 bits per heavy atom. The van der Waals surface area contributed by atoms with Gasteiger partial charge in [0.2, 0.25) is 0 Å². The van der Waals surface area contributed by atoms with Gasteiger partial charge in [-0.05, 0) is 6.07 Å². The predicted molar refractivity (Wildman–Crippen MR) is 70.7 cm³/mol. The third-order valence-corrected chi connectivity index (χ3v) is 3.26. The summed E-state index contributed by atoms with van der Waals surface area (Å²) >= 11 is 5.71. The average Bonchev–Trinajstić information content (AvgIpc) is 3.12. The molecule has 1 saturated heterocycles. The third kappa shape index (κ3) is 2.75. The molecule has 1 aliphatic heterocycles. The predicted octanol–water partition coefficient (Wildman–Crippen LogP) is 2.02. The Morgan fingerprint density at radius 3 is 2.95 bits per heavy atom.